The zero-order valence-corrected chi connectivity index (χ0v) is 22.4. The highest BCUT2D eigenvalue weighted by Gasteiger charge is 2.29. The fourth-order valence-corrected chi connectivity index (χ4v) is 5.25. The quantitative estimate of drug-likeness (QED) is 0.227. The molecule has 5 aromatic rings. The molecule has 0 amide bonds. The summed E-state index contributed by atoms with van der Waals surface area (Å²) in [5.41, 5.74) is 3.82. The maximum Gasteiger partial charge on any atom is 0.216 e. The molecule has 3 aromatic carbocycles. The fourth-order valence-electron chi connectivity index (χ4n) is 5.25. The Labute approximate surface area is 220 Å². The zero-order valence-electron chi connectivity index (χ0n) is 27.4. The van der Waals surface area contributed by atoms with E-state index in [-0.39, 0.29) is 22.4 Å². The third kappa shape index (κ3) is 4.09. The molecule has 5 rings (SSSR count). The van der Waals surface area contributed by atoms with Gasteiger partial charge in [0, 0.05) is 34.6 Å². The van der Waals surface area contributed by atoms with Gasteiger partial charge in [-0.25, -0.2) is 8.96 Å². The number of fused-ring (bicyclic) bond motifs is 5. The average molecular weight is 488 g/mol. The minimum atomic E-state index is -2.50. The van der Waals surface area contributed by atoms with Crippen molar-refractivity contribution in [2.75, 3.05) is 0 Å². The Balaban J connectivity index is 1.98. The summed E-state index contributed by atoms with van der Waals surface area (Å²) >= 11 is 0. The normalized spacial score (nSPS) is 15.6. The van der Waals surface area contributed by atoms with E-state index < -0.39 is 18.6 Å². The van der Waals surface area contributed by atoms with Gasteiger partial charge in [-0.1, -0.05) is 47.6 Å². The van der Waals surface area contributed by atoms with Crippen LogP contribution < -0.4 is 4.57 Å². The van der Waals surface area contributed by atoms with Crippen LogP contribution in [0.2, 0.25) is 0 Å². The Morgan fingerprint density at radius 1 is 0.944 bits per heavy atom. The number of rotatable bonds is 2. The summed E-state index contributed by atoms with van der Waals surface area (Å²) in [6.07, 6.45) is -0.403. The molecule has 0 bridgehead atoms. The summed E-state index contributed by atoms with van der Waals surface area (Å²) < 4.78 is 65.3. The molecular formula is C33H37FNO+. The van der Waals surface area contributed by atoms with Crippen LogP contribution in [-0.4, -0.2) is 0 Å². The van der Waals surface area contributed by atoms with Gasteiger partial charge in [-0.2, -0.15) is 0 Å². The molecule has 36 heavy (non-hydrogen) atoms. The number of benzene rings is 3. The van der Waals surface area contributed by atoms with Crippen molar-refractivity contribution in [3.05, 3.63) is 76.7 Å². The predicted octanol–water partition coefficient (Wildman–Crippen LogP) is 8.87. The van der Waals surface area contributed by atoms with Gasteiger partial charge in [0.15, 0.2) is 6.20 Å². The van der Waals surface area contributed by atoms with Crippen molar-refractivity contribution in [3.63, 3.8) is 0 Å². The summed E-state index contributed by atoms with van der Waals surface area (Å²) in [6.45, 7) is 11.3. The van der Waals surface area contributed by atoms with E-state index in [1.165, 1.54) is 18.3 Å². The monoisotopic (exact) mass is 487 g/mol. The first-order chi connectivity index (χ1) is 18.7. The third-order valence-electron chi connectivity index (χ3n) is 6.81. The predicted molar refractivity (Wildman–Crippen MR) is 149 cm³/mol. The average Bonchev–Trinajstić information content (AvgIpc) is 3.20. The van der Waals surface area contributed by atoms with E-state index in [9.17, 15) is 4.39 Å². The lowest BCUT2D eigenvalue weighted by Crippen LogP contribution is -2.32. The number of nitrogens with zero attached hydrogens (tertiary/aromatic N) is 1. The van der Waals surface area contributed by atoms with Crippen LogP contribution in [0.4, 0.5) is 4.39 Å². The first-order valence-electron chi connectivity index (χ1n) is 14.9. The molecular weight excluding hydrogens is 445 g/mol. The molecule has 2 aromatic heterocycles. The molecule has 2 nitrogen and oxygen atoms in total. The number of aryl methyl sites for hydroxylation is 2. The second-order valence-electron chi connectivity index (χ2n) is 11.9. The van der Waals surface area contributed by atoms with Gasteiger partial charge >= 0.3 is 0 Å². The molecule has 0 atom stereocenters. The van der Waals surface area contributed by atoms with Crippen molar-refractivity contribution in [2.24, 2.45) is 12.5 Å². The largest absolute Gasteiger partial charge is 0.454 e. The Morgan fingerprint density at radius 3 is 2.33 bits per heavy atom. The number of hydrogen-bond acceptors (Lipinski definition) is 1. The highest BCUT2D eigenvalue weighted by molar-refractivity contribution is 6.17. The van der Waals surface area contributed by atoms with Crippen molar-refractivity contribution in [1.29, 1.82) is 0 Å². The molecule has 0 unspecified atom stereocenters. The molecule has 0 aliphatic carbocycles. The first-order valence-corrected chi connectivity index (χ1v) is 12.4. The van der Waals surface area contributed by atoms with E-state index in [4.69, 9.17) is 11.3 Å². The number of pyridine rings is 1. The fraction of sp³-hybridized carbons (Fsp3) is 0.364. The van der Waals surface area contributed by atoms with E-state index in [0.29, 0.717) is 16.9 Å². The maximum absolute atomic E-state index is 14.0. The highest BCUT2D eigenvalue weighted by Crippen LogP contribution is 2.43. The van der Waals surface area contributed by atoms with E-state index in [2.05, 4.69) is 26.8 Å². The van der Waals surface area contributed by atoms with Gasteiger partial charge in [0.1, 0.15) is 24.0 Å². The Bertz CT molecular complexity index is 1850. The molecule has 0 aliphatic rings. The minimum Gasteiger partial charge on any atom is -0.454 e. The third-order valence-corrected chi connectivity index (χ3v) is 6.81. The van der Waals surface area contributed by atoms with Crippen LogP contribution >= 0.6 is 0 Å². The van der Waals surface area contributed by atoms with Crippen molar-refractivity contribution < 1.29 is 20.2 Å². The van der Waals surface area contributed by atoms with Crippen LogP contribution in [0.25, 0.3) is 44.0 Å². The summed E-state index contributed by atoms with van der Waals surface area (Å²) in [5.74, 6) is -0.318. The van der Waals surface area contributed by atoms with Gasteiger partial charge in [0.2, 0.25) is 5.69 Å². The highest BCUT2D eigenvalue weighted by atomic mass is 19.1. The minimum absolute atomic E-state index is 0.0119. The molecule has 0 saturated heterocycles. The van der Waals surface area contributed by atoms with E-state index in [1.807, 2.05) is 19.1 Å². The van der Waals surface area contributed by atoms with E-state index >= 15 is 0 Å². The smallest absolute Gasteiger partial charge is 0.216 e. The Hall–Kier alpha value is -3.20. The Kier molecular flexibility index (Phi) is 4.30. The Morgan fingerprint density at radius 2 is 1.67 bits per heavy atom. The number of hydrogen-bond donors (Lipinski definition) is 0. The lowest BCUT2D eigenvalue weighted by atomic mass is 9.80. The standard InChI is InChI=1S/C33H37FNO/c1-19-18-35(9)28(15-22(19)17-32(3,4)5)29-20(2)27(33(6,7)8)16-26-25-12-10-21-14-23(34)11-13-24(21)30(25)36-31(26)29/h10-16,18H,17H2,1-9H3/q+1/i1D3,17D2. The van der Waals surface area contributed by atoms with Gasteiger partial charge < -0.3 is 4.42 Å². The molecule has 0 spiro atoms. The van der Waals surface area contributed by atoms with Gasteiger partial charge in [-0.05, 0) is 83.4 Å². The number of halogens is 1. The lowest BCUT2D eigenvalue weighted by molar-refractivity contribution is -0.660. The lowest BCUT2D eigenvalue weighted by Gasteiger charge is -2.24. The van der Waals surface area contributed by atoms with Crippen LogP contribution in [0.3, 0.4) is 0 Å². The number of aromatic nitrogens is 1. The van der Waals surface area contributed by atoms with Gasteiger partial charge in [0.05, 0.1) is 5.56 Å². The number of furan rings is 1. The summed E-state index contributed by atoms with van der Waals surface area (Å²) in [7, 11) is 1.79. The van der Waals surface area contributed by atoms with E-state index in [0.717, 1.165) is 38.2 Å². The summed E-state index contributed by atoms with van der Waals surface area (Å²) in [4.78, 5) is 0. The van der Waals surface area contributed by atoms with Crippen LogP contribution in [0.5, 0.6) is 0 Å². The summed E-state index contributed by atoms with van der Waals surface area (Å²) in [5, 5.41) is 3.34. The maximum atomic E-state index is 14.0. The SMILES string of the molecule is [2H]C([2H])([2H])c1c[n+](C)c(-c2c(C)c(C(C)(C)C)cc3c2oc2c4ccc(F)cc4ccc32)cc1C([2H])([2H])C(C)(C)C. The first kappa shape index (κ1) is 19.0. The second kappa shape index (κ2) is 8.16. The van der Waals surface area contributed by atoms with Crippen LogP contribution in [0, 0.1) is 25.0 Å². The molecule has 2 heterocycles. The van der Waals surface area contributed by atoms with Crippen molar-refractivity contribution in [1.82, 2.24) is 0 Å². The van der Waals surface area contributed by atoms with Gasteiger partial charge in [0.25, 0.3) is 0 Å². The molecule has 0 fully saturated rings. The van der Waals surface area contributed by atoms with Crippen LogP contribution in [0.15, 0.2) is 53.1 Å². The topological polar surface area (TPSA) is 17.0 Å². The van der Waals surface area contributed by atoms with Crippen molar-refractivity contribution in [2.45, 2.75) is 67.1 Å². The zero-order chi connectivity index (χ0) is 30.4. The van der Waals surface area contributed by atoms with Crippen LogP contribution in [-0.2, 0) is 18.8 Å². The second-order valence-corrected chi connectivity index (χ2v) is 11.9. The van der Waals surface area contributed by atoms with E-state index in [1.54, 1.807) is 44.5 Å². The molecule has 0 N–H and O–H groups in total. The molecule has 0 radical (unpaired) electrons. The van der Waals surface area contributed by atoms with Gasteiger partial charge in [-0.3, -0.25) is 0 Å². The molecule has 0 saturated carbocycles. The van der Waals surface area contributed by atoms with Gasteiger partial charge in [-0.15, -0.1) is 0 Å². The van der Waals surface area contributed by atoms with Crippen molar-refractivity contribution in [3.8, 4) is 11.3 Å². The molecule has 3 heteroatoms. The molecule has 0 aliphatic heterocycles. The summed E-state index contributed by atoms with van der Waals surface area (Å²) in [6, 6.07) is 12.3. The molecule has 186 valence electrons. The van der Waals surface area contributed by atoms with Crippen molar-refractivity contribution >= 4 is 32.7 Å². The van der Waals surface area contributed by atoms with Crippen LogP contribution in [0.1, 0.15) is 70.7 Å².